The van der Waals surface area contributed by atoms with Crippen molar-refractivity contribution in [2.45, 2.75) is 32.6 Å². The highest BCUT2D eigenvalue weighted by molar-refractivity contribution is 5.73. The van der Waals surface area contributed by atoms with Crippen molar-refractivity contribution in [1.29, 1.82) is 0 Å². The van der Waals surface area contributed by atoms with Gasteiger partial charge in [-0.1, -0.05) is 62.6 Å². The lowest BCUT2D eigenvalue weighted by atomic mass is 9.88. The molecule has 1 aliphatic carbocycles. The Morgan fingerprint density at radius 1 is 1.11 bits per heavy atom. The van der Waals surface area contributed by atoms with Crippen molar-refractivity contribution in [1.82, 2.24) is 0 Å². The van der Waals surface area contributed by atoms with Crippen LogP contribution in [0.4, 0.5) is 0 Å². The maximum Gasteiger partial charge on any atom is 0.119 e. The number of fused-ring (bicyclic) bond motifs is 1. The van der Waals surface area contributed by atoms with Gasteiger partial charge < -0.3 is 10.5 Å². The van der Waals surface area contributed by atoms with E-state index in [0.717, 1.165) is 48.1 Å². The predicted molar refractivity (Wildman–Crippen MR) is 119 cm³/mol. The molecule has 2 nitrogen and oxygen atoms in total. The van der Waals surface area contributed by atoms with Crippen molar-refractivity contribution in [3.05, 3.63) is 112 Å². The van der Waals surface area contributed by atoms with Gasteiger partial charge in [0, 0.05) is 16.8 Å². The highest BCUT2D eigenvalue weighted by atomic mass is 16.5. The highest BCUT2D eigenvalue weighted by Gasteiger charge is 2.16. The van der Waals surface area contributed by atoms with Crippen LogP contribution in [-0.2, 0) is 30.4 Å². The van der Waals surface area contributed by atoms with Crippen molar-refractivity contribution in [2.75, 3.05) is 7.11 Å². The van der Waals surface area contributed by atoms with Crippen molar-refractivity contribution in [2.24, 2.45) is 5.73 Å². The molecule has 0 unspecified atom stereocenters. The van der Waals surface area contributed by atoms with Crippen molar-refractivity contribution < 1.29 is 4.74 Å². The zero-order valence-corrected chi connectivity index (χ0v) is 16.9. The van der Waals surface area contributed by atoms with Crippen LogP contribution < -0.4 is 5.73 Å². The Kier molecular flexibility index (Phi) is 6.20. The Hall–Kier alpha value is -3.00. The van der Waals surface area contributed by atoms with Crippen molar-refractivity contribution in [3.63, 3.8) is 0 Å². The Bertz CT molecular complexity index is 948. The Morgan fingerprint density at radius 2 is 1.86 bits per heavy atom. The second-order valence-corrected chi connectivity index (χ2v) is 7.19. The summed E-state index contributed by atoms with van der Waals surface area (Å²) in [6.45, 7) is 10.3. The van der Waals surface area contributed by atoms with Gasteiger partial charge in [-0.15, -0.1) is 0 Å². The molecule has 0 saturated carbocycles. The van der Waals surface area contributed by atoms with Gasteiger partial charge in [0.25, 0.3) is 0 Å². The van der Waals surface area contributed by atoms with E-state index in [1.54, 1.807) is 7.11 Å². The number of benzene rings is 2. The zero-order valence-electron chi connectivity index (χ0n) is 16.9. The smallest absolute Gasteiger partial charge is 0.119 e. The molecule has 0 saturated heterocycles. The van der Waals surface area contributed by atoms with Gasteiger partial charge in [0.15, 0.2) is 0 Å². The topological polar surface area (TPSA) is 35.2 Å². The van der Waals surface area contributed by atoms with Crippen LogP contribution in [0.25, 0.3) is 5.70 Å². The summed E-state index contributed by atoms with van der Waals surface area (Å²) in [5.74, 6) is 0.618. The van der Waals surface area contributed by atoms with Gasteiger partial charge in [-0.05, 0) is 65.7 Å². The SMILES string of the molecule is C=C1/C=C(\N)c2cc(CC)c(CCc3ccccc3)cc2CC=C1C(=C)OC. The summed E-state index contributed by atoms with van der Waals surface area (Å²) in [5, 5.41) is 0. The number of ether oxygens (including phenoxy) is 1. The van der Waals surface area contributed by atoms with Gasteiger partial charge in [-0.3, -0.25) is 0 Å². The second-order valence-electron chi connectivity index (χ2n) is 7.19. The summed E-state index contributed by atoms with van der Waals surface area (Å²) < 4.78 is 5.33. The third-order valence-corrected chi connectivity index (χ3v) is 5.39. The average Bonchev–Trinajstić information content (AvgIpc) is 2.71. The van der Waals surface area contributed by atoms with E-state index in [0.29, 0.717) is 5.76 Å². The molecule has 144 valence electrons. The number of methoxy groups -OCH3 is 1. The predicted octanol–water partition coefficient (Wildman–Crippen LogP) is 5.53. The van der Waals surface area contributed by atoms with Crippen LogP contribution in [-0.4, -0.2) is 7.11 Å². The number of hydrogen-bond acceptors (Lipinski definition) is 2. The fourth-order valence-electron chi connectivity index (χ4n) is 3.75. The molecule has 0 amide bonds. The van der Waals surface area contributed by atoms with Crippen LogP contribution in [0.2, 0.25) is 0 Å². The first-order valence-corrected chi connectivity index (χ1v) is 9.82. The van der Waals surface area contributed by atoms with E-state index < -0.39 is 0 Å². The molecule has 0 aliphatic heterocycles. The molecule has 0 heterocycles. The third kappa shape index (κ3) is 4.28. The lowest BCUT2D eigenvalue weighted by Gasteiger charge is -2.19. The second kappa shape index (κ2) is 8.79. The van der Waals surface area contributed by atoms with E-state index in [1.165, 1.54) is 22.3 Å². The largest absolute Gasteiger partial charge is 0.497 e. The minimum absolute atomic E-state index is 0.618. The number of allylic oxidation sites excluding steroid dienone is 3. The molecule has 3 rings (SSSR count). The van der Waals surface area contributed by atoms with E-state index in [-0.39, 0.29) is 0 Å². The molecule has 0 atom stereocenters. The molecule has 28 heavy (non-hydrogen) atoms. The molecular weight excluding hydrogens is 342 g/mol. The Labute approximate surface area is 168 Å². The fraction of sp³-hybridized carbons (Fsp3) is 0.231. The van der Waals surface area contributed by atoms with Gasteiger partial charge in [0.2, 0.25) is 0 Å². The molecule has 2 aromatic rings. The summed E-state index contributed by atoms with van der Waals surface area (Å²) >= 11 is 0. The van der Waals surface area contributed by atoms with Crippen molar-refractivity contribution >= 4 is 5.70 Å². The number of hydrogen-bond donors (Lipinski definition) is 1. The summed E-state index contributed by atoms with van der Waals surface area (Å²) in [5.41, 5.74) is 15.4. The summed E-state index contributed by atoms with van der Waals surface area (Å²) in [4.78, 5) is 0. The molecule has 0 aromatic heterocycles. The van der Waals surface area contributed by atoms with Crippen LogP contribution in [0, 0.1) is 0 Å². The number of aryl methyl sites for hydroxylation is 3. The molecule has 0 fully saturated rings. The first kappa shape index (κ1) is 19.8. The van der Waals surface area contributed by atoms with Gasteiger partial charge >= 0.3 is 0 Å². The quantitative estimate of drug-likeness (QED) is 0.677. The van der Waals surface area contributed by atoms with Gasteiger partial charge in [-0.2, -0.15) is 0 Å². The molecule has 0 bridgehead atoms. The summed E-state index contributed by atoms with van der Waals surface area (Å²) in [6, 6.07) is 15.2. The average molecular weight is 372 g/mol. The lowest BCUT2D eigenvalue weighted by Crippen LogP contribution is -2.09. The molecule has 2 N–H and O–H groups in total. The van der Waals surface area contributed by atoms with E-state index in [2.05, 4.69) is 68.6 Å². The third-order valence-electron chi connectivity index (χ3n) is 5.39. The fourth-order valence-corrected chi connectivity index (χ4v) is 3.75. The van der Waals surface area contributed by atoms with Crippen LogP contribution in [0.15, 0.2) is 84.7 Å². The van der Waals surface area contributed by atoms with Crippen LogP contribution >= 0.6 is 0 Å². The number of rotatable bonds is 6. The van der Waals surface area contributed by atoms with E-state index in [4.69, 9.17) is 10.5 Å². The van der Waals surface area contributed by atoms with Crippen LogP contribution in [0.3, 0.4) is 0 Å². The zero-order chi connectivity index (χ0) is 20.1. The molecule has 2 heteroatoms. The van der Waals surface area contributed by atoms with Gasteiger partial charge in [0.05, 0.1) is 7.11 Å². The van der Waals surface area contributed by atoms with Crippen LogP contribution in [0.5, 0.6) is 0 Å². The number of nitrogens with two attached hydrogens (primary N) is 1. The molecule has 0 spiro atoms. The van der Waals surface area contributed by atoms with E-state index in [1.807, 2.05) is 6.08 Å². The van der Waals surface area contributed by atoms with E-state index >= 15 is 0 Å². The maximum absolute atomic E-state index is 6.45. The molecular formula is C26H29NO. The summed E-state index contributed by atoms with van der Waals surface area (Å²) in [6.07, 6.45) is 7.91. The standard InChI is InChI=1S/C26H29NO/c1-5-21-17-25-23(16-22(21)12-11-20-9-7-6-8-10-20)13-14-24(19(3)28-4)18(2)15-26(25)27/h6-10,14-17H,2-3,5,11-13,27H2,1,4H3/b24-14?,26-15-. The summed E-state index contributed by atoms with van der Waals surface area (Å²) in [7, 11) is 1.63. The minimum atomic E-state index is 0.618. The Morgan fingerprint density at radius 3 is 2.54 bits per heavy atom. The minimum Gasteiger partial charge on any atom is -0.497 e. The highest BCUT2D eigenvalue weighted by Crippen LogP contribution is 2.30. The van der Waals surface area contributed by atoms with Crippen LogP contribution in [0.1, 0.15) is 34.7 Å². The first-order chi connectivity index (χ1) is 13.5. The molecule has 2 aromatic carbocycles. The first-order valence-electron chi connectivity index (χ1n) is 9.82. The van der Waals surface area contributed by atoms with Gasteiger partial charge in [-0.25, -0.2) is 0 Å². The monoisotopic (exact) mass is 371 g/mol. The lowest BCUT2D eigenvalue weighted by molar-refractivity contribution is 0.304. The van der Waals surface area contributed by atoms with E-state index in [9.17, 15) is 0 Å². The molecule has 1 aliphatic rings. The maximum atomic E-state index is 6.45. The molecule has 0 radical (unpaired) electrons. The van der Waals surface area contributed by atoms with Crippen molar-refractivity contribution in [3.8, 4) is 0 Å². The van der Waals surface area contributed by atoms with Gasteiger partial charge in [0.1, 0.15) is 5.76 Å². The normalized spacial score (nSPS) is 15.6. The Balaban J connectivity index is 1.97.